The molecule has 1 rings (SSSR count). The van der Waals surface area contributed by atoms with Crippen molar-refractivity contribution in [1.82, 2.24) is 0 Å². The van der Waals surface area contributed by atoms with Crippen molar-refractivity contribution >= 4 is 5.97 Å². The lowest BCUT2D eigenvalue weighted by molar-refractivity contribution is -0.146. The van der Waals surface area contributed by atoms with Crippen LogP contribution in [0.25, 0.3) is 0 Å². The van der Waals surface area contributed by atoms with Crippen LogP contribution in [0, 0.1) is 5.92 Å². The molecule has 94 valence electrons. The summed E-state index contributed by atoms with van der Waals surface area (Å²) in [6, 6.07) is 9.70. The molecule has 3 heteroatoms. The molecule has 0 aliphatic rings. The number of hydrogen-bond donors (Lipinski definition) is 1. The average molecular weight is 235 g/mol. The lowest BCUT2D eigenvalue weighted by Crippen LogP contribution is -2.19. The molecular weight excluding hydrogens is 214 g/mol. The number of nitrogens with two attached hydrogens (primary N) is 1. The van der Waals surface area contributed by atoms with Crippen molar-refractivity contribution in [1.29, 1.82) is 0 Å². The number of carbonyl (C=O) groups excluding carboxylic acids is 1. The molecule has 1 aromatic rings. The van der Waals surface area contributed by atoms with E-state index in [2.05, 4.69) is 6.92 Å². The maximum Gasteiger partial charge on any atom is 0.306 e. The summed E-state index contributed by atoms with van der Waals surface area (Å²) in [7, 11) is 0. The first-order valence-corrected chi connectivity index (χ1v) is 6.15. The normalized spacial score (nSPS) is 12.1. The van der Waals surface area contributed by atoms with E-state index in [4.69, 9.17) is 10.5 Å². The second-order valence-corrected chi connectivity index (χ2v) is 4.24. The molecule has 17 heavy (non-hydrogen) atoms. The van der Waals surface area contributed by atoms with Crippen LogP contribution in [0.4, 0.5) is 0 Å². The van der Waals surface area contributed by atoms with E-state index in [1.807, 2.05) is 30.3 Å². The van der Waals surface area contributed by atoms with E-state index in [0.29, 0.717) is 19.6 Å². The molecule has 0 amide bonds. The second kappa shape index (κ2) is 7.85. The Morgan fingerprint density at radius 1 is 1.35 bits per heavy atom. The largest absolute Gasteiger partial charge is 0.461 e. The van der Waals surface area contributed by atoms with E-state index in [9.17, 15) is 4.79 Å². The van der Waals surface area contributed by atoms with Gasteiger partial charge in [0.05, 0.1) is 0 Å². The summed E-state index contributed by atoms with van der Waals surface area (Å²) in [5, 5.41) is 0. The van der Waals surface area contributed by atoms with Gasteiger partial charge in [0.25, 0.3) is 0 Å². The van der Waals surface area contributed by atoms with Gasteiger partial charge < -0.3 is 10.5 Å². The maximum absolute atomic E-state index is 11.6. The second-order valence-electron chi connectivity index (χ2n) is 4.24. The average Bonchev–Trinajstić information content (AvgIpc) is 2.37. The zero-order valence-corrected chi connectivity index (χ0v) is 10.4. The highest BCUT2D eigenvalue weighted by atomic mass is 16.5. The SMILES string of the molecule is CCC[C@@H](CN)CC(=O)OCc1ccccc1. The fourth-order valence-corrected chi connectivity index (χ4v) is 1.74. The summed E-state index contributed by atoms with van der Waals surface area (Å²) >= 11 is 0. The Morgan fingerprint density at radius 3 is 2.65 bits per heavy atom. The standard InChI is InChI=1S/C14H21NO2/c1-2-6-13(10-15)9-14(16)17-11-12-7-4-3-5-8-12/h3-5,7-8,13H,2,6,9-11,15H2,1H3/t13-/m1/s1. The maximum atomic E-state index is 11.6. The monoisotopic (exact) mass is 235 g/mol. The van der Waals surface area contributed by atoms with Crippen molar-refractivity contribution in [3.8, 4) is 0 Å². The predicted molar refractivity (Wildman–Crippen MR) is 68.3 cm³/mol. The Labute approximate surface area is 103 Å². The lowest BCUT2D eigenvalue weighted by Gasteiger charge is -2.12. The van der Waals surface area contributed by atoms with Crippen LogP contribution in [-0.2, 0) is 16.1 Å². The van der Waals surface area contributed by atoms with Gasteiger partial charge in [0.1, 0.15) is 6.61 Å². The van der Waals surface area contributed by atoms with Gasteiger partial charge in [-0.05, 0) is 24.4 Å². The van der Waals surface area contributed by atoms with Gasteiger partial charge in [-0.3, -0.25) is 4.79 Å². The van der Waals surface area contributed by atoms with Gasteiger partial charge >= 0.3 is 5.97 Å². The molecule has 0 fully saturated rings. The summed E-state index contributed by atoms with van der Waals surface area (Å²) in [6.45, 7) is 3.00. The van der Waals surface area contributed by atoms with E-state index in [0.717, 1.165) is 18.4 Å². The Morgan fingerprint density at radius 2 is 2.06 bits per heavy atom. The summed E-state index contributed by atoms with van der Waals surface area (Å²) in [4.78, 5) is 11.6. The van der Waals surface area contributed by atoms with Crippen molar-refractivity contribution in [3.05, 3.63) is 35.9 Å². The minimum Gasteiger partial charge on any atom is -0.461 e. The molecule has 0 bridgehead atoms. The highest BCUT2D eigenvalue weighted by Crippen LogP contribution is 2.11. The van der Waals surface area contributed by atoms with E-state index in [1.165, 1.54) is 0 Å². The molecule has 2 N–H and O–H groups in total. The van der Waals surface area contributed by atoms with E-state index >= 15 is 0 Å². The number of benzene rings is 1. The smallest absolute Gasteiger partial charge is 0.306 e. The van der Waals surface area contributed by atoms with Crippen LogP contribution in [0.3, 0.4) is 0 Å². The first-order valence-electron chi connectivity index (χ1n) is 6.15. The molecule has 0 aliphatic heterocycles. The van der Waals surface area contributed by atoms with E-state index < -0.39 is 0 Å². The highest BCUT2D eigenvalue weighted by Gasteiger charge is 2.12. The predicted octanol–water partition coefficient (Wildman–Crippen LogP) is 2.49. The van der Waals surface area contributed by atoms with Crippen LogP contribution >= 0.6 is 0 Å². The molecule has 1 aromatic carbocycles. The van der Waals surface area contributed by atoms with Gasteiger partial charge in [-0.25, -0.2) is 0 Å². The molecule has 0 aromatic heterocycles. The number of esters is 1. The zero-order chi connectivity index (χ0) is 12.5. The highest BCUT2D eigenvalue weighted by molar-refractivity contribution is 5.69. The first kappa shape index (κ1) is 13.7. The van der Waals surface area contributed by atoms with Crippen molar-refractivity contribution in [2.45, 2.75) is 32.8 Å². The summed E-state index contributed by atoms with van der Waals surface area (Å²) in [5.41, 5.74) is 6.62. The van der Waals surface area contributed by atoms with E-state index in [1.54, 1.807) is 0 Å². The van der Waals surface area contributed by atoms with Crippen molar-refractivity contribution in [2.24, 2.45) is 11.7 Å². The minimum absolute atomic E-state index is 0.155. The van der Waals surface area contributed by atoms with Gasteiger partial charge in [0.2, 0.25) is 0 Å². The van der Waals surface area contributed by atoms with Crippen LogP contribution < -0.4 is 5.73 Å². The molecule has 0 spiro atoms. The third-order valence-electron chi connectivity index (χ3n) is 2.73. The van der Waals surface area contributed by atoms with Crippen LogP contribution in [0.5, 0.6) is 0 Å². The number of rotatable bonds is 7. The van der Waals surface area contributed by atoms with Crippen LogP contribution in [0.15, 0.2) is 30.3 Å². The Kier molecular flexibility index (Phi) is 6.33. The topological polar surface area (TPSA) is 52.3 Å². The molecule has 0 saturated carbocycles. The third kappa shape index (κ3) is 5.50. The van der Waals surface area contributed by atoms with Crippen molar-refractivity contribution in [2.75, 3.05) is 6.54 Å². The summed E-state index contributed by atoms with van der Waals surface area (Å²) < 4.78 is 5.21. The number of ether oxygens (including phenoxy) is 1. The summed E-state index contributed by atoms with van der Waals surface area (Å²) in [6.07, 6.45) is 2.46. The minimum atomic E-state index is -0.155. The van der Waals surface area contributed by atoms with E-state index in [-0.39, 0.29) is 11.9 Å². The molecule has 3 nitrogen and oxygen atoms in total. The van der Waals surface area contributed by atoms with Crippen LogP contribution in [-0.4, -0.2) is 12.5 Å². The molecule has 0 unspecified atom stereocenters. The van der Waals surface area contributed by atoms with Gasteiger partial charge in [-0.1, -0.05) is 43.7 Å². The quantitative estimate of drug-likeness (QED) is 0.739. The molecule has 1 atom stereocenters. The lowest BCUT2D eigenvalue weighted by atomic mass is 10.0. The fraction of sp³-hybridized carbons (Fsp3) is 0.500. The fourth-order valence-electron chi connectivity index (χ4n) is 1.74. The van der Waals surface area contributed by atoms with Crippen LogP contribution in [0.2, 0.25) is 0 Å². The van der Waals surface area contributed by atoms with Gasteiger partial charge in [0, 0.05) is 6.42 Å². The first-order chi connectivity index (χ1) is 8.26. The third-order valence-corrected chi connectivity index (χ3v) is 2.73. The number of carbonyl (C=O) groups is 1. The summed E-state index contributed by atoms with van der Waals surface area (Å²) in [5.74, 6) is 0.0982. The molecule has 0 heterocycles. The molecular formula is C14H21NO2. The molecule has 0 radical (unpaired) electrons. The van der Waals surface area contributed by atoms with Gasteiger partial charge in [-0.15, -0.1) is 0 Å². The van der Waals surface area contributed by atoms with Gasteiger partial charge in [0.15, 0.2) is 0 Å². The zero-order valence-electron chi connectivity index (χ0n) is 10.4. The molecule has 0 saturated heterocycles. The number of hydrogen-bond acceptors (Lipinski definition) is 3. The van der Waals surface area contributed by atoms with Crippen molar-refractivity contribution in [3.63, 3.8) is 0 Å². The van der Waals surface area contributed by atoms with Crippen LogP contribution in [0.1, 0.15) is 31.7 Å². The Hall–Kier alpha value is -1.35. The Bertz CT molecular complexity index is 324. The molecule has 0 aliphatic carbocycles. The van der Waals surface area contributed by atoms with Crippen molar-refractivity contribution < 1.29 is 9.53 Å². The Balaban J connectivity index is 2.30. The van der Waals surface area contributed by atoms with Gasteiger partial charge in [-0.2, -0.15) is 0 Å².